The molecule has 1 amide bonds. The fourth-order valence-electron chi connectivity index (χ4n) is 2.68. The van der Waals surface area contributed by atoms with Crippen LogP contribution in [0.1, 0.15) is 25.3 Å². The van der Waals surface area contributed by atoms with Gasteiger partial charge in [-0.15, -0.1) is 0 Å². The molecule has 0 fully saturated rings. The van der Waals surface area contributed by atoms with Gasteiger partial charge in [-0.1, -0.05) is 38.1 Å². The number of rotatable bonds is 4. The molecule has 6 nitrogen and oxygen atoms in total. The van der Waals surface area contributed by atoms with Crippen molar-refractivity contribution in [2.75, 3.05) is 5.32 Å². The van der Waals surface area contributed by atoms with Crippen LogP contribution in [0.4, 0.5) is 5.69 Å². The molecule has 0 aliphatic heterocycles. The average Bonchev–Trinajstić information content (AvgIpc) is 2.59. The Balaban J connectivity index is 1.85. The molecule has 25 heavy (non-hydrogen) atoms. The summed E-state index contributed by atoms with van der Waals surface area (Å²) in [5.74, 6) is -0.0368. The van der Waals surface area contributed by atoms with Crippen molar-refractivity contribution in [2.24, 2.45) is 0 Å². The van der Waals surface area contributed by atoms with Crippen molar-refractivity contribution in [1.29, 1.82) is 0 Å². The molecule has 0 spiro atoms. The second-order valence-electron chi connectivity index (χ2n) is 6.21. The van der Waals surface area contributed by atoms with E-state index in [4.69, 9.17) is 0 Å². The number of carbonyl (C=O) groups is 1. The first kappa shape index (κ1) is 16.7. The molecular weight excluding hydrogens is 318 g/mol. The predicted molar refractivity (Wildman–Crippen MR) is 98.0 cm³/mol. The van der Waals surface area contributed by atoms with E-state index < -0.39 is 11.1 Å². The van der Waals surface area contributed by atoms with E-state index in [1.54, 1.807) is 30.3 Å². The quantitative estimate of drug-likeness (QED) is 0.767. The van der Waals surface area contributed by atoms with E-state index in [1.165, 1.54) is 0 Å². The number of H-pyrrole nitrogens is 1. The van der Waals surface area contributed by atoms with Crippen molar-refractivity contribution in [3.63, 3.8) is 0 Å². The van der Waals surface area contributed by atoms with Crippen LogP contribution in [-0.4, -0.2) is 15.7 Å². The lowest BCUT2D eigenvalue weighted by Crippen LogP contribution is -2.34. The fourth-order valence-corrected chi connectivity index (χ4v) is 2.68. The van der Waals surface area contributed by atoms with Gasteiger partial charge in [0.2, 0.25) is 5.91 Å². The zero-order valence-electron chi connectivity index (χ0n) is 14.1. The van der Waals surface area contributed by atoms with Crippen LogP contribution in [0.15, 0.2) is 58.1 Å². The maximum absolute atomic E-state index is 12.4. The van der Waals surface area contributed by atoms with Gasteiger partial charge in [0.05, 0.1) is 10.8 Å². The van der Waals surface area contributed by atoms with E-state index in [9.17, 15) is 14.4 Å². The summed E-state index contributed by atoms with van der Waals surface area (Å²) in [7, 11) is 0. The van der Waals surface area contributed by atoms with Crippen LogP contribution < -0.4 is 16.4 Å². The number of fused-ring (bicyclic) bond motifs is 1. The number of nitrogens with one attached hydrogen (secondary N) is 2. The highest BCUT2D eigenvalue weighted by atomic mass is 16.2. The number of benzene rings is 2. The first-order valence-electron chi connectivity index (χ1n) is 8.07. The van der Waals surface area contributed by atoms with Gasteiger partial charge < -0.3 is 5.32 Å². The Morgan fingerprint density at radius 2 is 1.80 bits per heavy atom. The second kappa shape index (κ2) is 6.76. The summed E-state index contributed by atoms with van der Waals surface area (Å²) < 4.78 is 1.03. The van der Waals surface area contributed by atoms with Gasteiger partial charge in [0.25, 0.3) is 11.1 Å². The lowest BCUT2D eigenvalue weighted by Gasteiger charge is -2.10. The standard InChI is InChI=1S/C19H19N3O3/c1-12(2)13-6-5-7-14(10-13)20-17(23)11-22-19(25)16-9-4-3-8-15(16)18(24)21-22/h3-10,12H,11H2,1-2H3,(H,20,23)(H,21,24). The molecule has 0 saturated heterocycles. The molecule has 3 rings (SSSR count). The normalized spacial score (nSPS) is 11.0. The van der Waals surface area contributed by atoms with Crippen molar-refractivity contribution < 1.29 is 4.79 Å². The molecule has 3 aromatic rings. The maximum atomic E-state index is 12.4. The largest absolute Gasteiger partial charge is 0.324 e. The topological polar surface area (TPSA) is 84.0 Å². The Morgan fingerprint density at radius 3 is 2.52 bits per heavy atom. The lowest BCUT2D eigenvalue weighted by atomic mass is 10.0. The zero-order chi connectivity index (χ0) is 18.0. The molecule has 0 unspecified atom stereocenters. The molecule has 128 valence electrons. The van der Waals surface area contributed by atoms with E-state index in [2.05, 4.69) is 24.3 Å². The highest BCUT2D eigenvalue weighted by molar-refractivity contribution is 5.90. The van der Waals surface area contributed by atoms with Gasteiger partial charge in [-0.3, -0.25) is 19.5 Å². The number of carbonyl (C=O) groups excluding carboxylic acids is 1. The van der Waals surface area contributed by atoms with E-state index in [0.717, 1.165) is 10.2 Å². The van der Waals surface area contributed by atoms with Crippen LogP contribution in [0, 0.1) is 0 Å². The minimum absolute atomic E-state index is 0.259. The van der Waals surface area contributed by atoms with Gasteiger partial charge in [-0.2, -0.15) is 0 Å². The Bertz CT molecular complexity index is 1050. The van der Waals surface area contributed by atoms with Crippen LogP contribution in [0.2, 0.25) is 0 Å². The Labute approximate surface area is 144 Å². The van der Waals surface area contributed by atoms with Crippen molar-refractivity contribution in [1.82, 2.24) is 9.78 Å². The molecule has 6 heteroatoms. The van der Waals surface area contributed by atoms with Crippen molar-refractivity contribution >= 4 is 22.4 Å². The summed E-state index contributed by atoms with van der Waals surface area (Å²) in [4.78, 5) is 36.8. The monoisotopic (exact) mass is 337 g/mol. The fraction of sp³-hybridized carbons (Fsp3) is 0.211. The van der Waals surface area contributed by atoms with Crippen molar-refractivity contribution in [3.05, 3.63) is 74.8 Å². The molecule has 0 radical (unpaired) electrons. The van der Waals surface area contributed by atoms with Crippen molar-refractivity contribution in [3.8, 4) is 0 Å². The minimum Gasteiger partial charge on any atom is -0.324 e. The van der Waals surface area contributed by atoms with Gasteiger partial charge in [-0.25, -0.2) is 4.68 Å². The second-order valence-corrected chi connectivity index (χ2v) is 6.21. The number of hydrogen-bond acceptors (Lipinski definition) is 3. The van der Waals surface area contributed by atoms with Gasteiger partial charge in [0.15, 0.2) is 0 Å². The molecule has 2 N–H and O–H groups in total. The summed E-state index contributed by atoms with van der Waals surface area (Å²) in [6.45, 7) is 3.88. The lowest BCUT2D eigenvalue weighted by molar-refractivity contribution is -0.117. The SMILES string of the molecule is CC(C)c1cccc(NC(=O)Cn2[nH]c(=O)c3ccccc3c2=O)c1. The van der Waals surface area contributed by atoms with Crippen LogP contribution in [0.3, 0.4) is 0 Å². The maximum Gasteiger partial charge on any atom is 0.273 e. The molecule has 2 aromatic carbocycles. The summed E-state index contributed by atoms with van der Waals surface area (Å²) in [6, 6.07) is 14.1. The molecular formula is C19H19N3O3. The average molecular weight is 337 g/mol. The number of hydrogen-bond donors (Lipinski definition) is 2. The smallest absolute Gasteiger partial charge is 0.273 e. The third-order valence-electron chi connectivity index (χ3n) is 4.02. The van der Waals surface area contributed by atoms with Crippen LogP contribution >= 0.6 is 0 Å². The number of aromatic nitrogens is 2. The third-order valence-corrected chi connectivity index (χ3v) is 4.02. The molecule has 0 bridgehead atoms. The first-order chi connectivity index (χ1) is 12.0. The van der Waals surface area contributed by atoms with E-state index in [1.807, 2.05) is 18.2 Å². The summed E-state index contributed by atoms with van der Waals surface area (Å²) >= 11 is 0. The summed E-state index contributed by atoms with van der Waals surface area (Å²) in [6.07, 6.45) is 0. The van der Waals surface area contributed by atoms with Crippen LogP contribution in [-0.2, 0) is 11.3 Å². The number of amides is 1. The molecule has 0 saturated carbocycles. The van der Waals surface area contributed by atoms with Crippen LogP contribution in [0.5, 0.6) is 0 Å². The minimum atomic E-state index is -0.402. The summed E-state index contributed by atoms with van der Waals surface area (Å²) in [5, 5.41) is 5.82. The van der Waals surface area contributed by atoms with Gasteiger partial charge in [0.1, 0.15) is 6.54 Å². The molecule has 0 aliphatic carbocycles. The van der Waals surface area contributed by atoms with E-state index in [0.29, 0.717) is 22.4 Å². The highest BCUT2D eigenvalue weighted by Crippen LogP contribution is 2.18. The third kappa shape index (κ3) is 3.52. The van der Waals surface area contributed by atoms with Crippen molar-refractivity contribution in [2.45, 2.75) is 26.3 Å². The molecule has 1 aromatic heterocycles. The number of aromatic amines is 1. The zero-order valence-corrected chi connectivity index (χ0v) is 14.1. The van der Waals surface area contributed by atoms with Gasteiger partial charge in [0, 0.05) is 5.69 Å². The number of nitrogens with zero attached hydrogens (tertiary/aromatic N) is 1. The predicted octanol–water partition coefficient (Wildman–Crippen LogP) is 2.45. The number of anilines is 1. The Hall–Kier alpha value is -3.15. The van der Waals surface area contributed by atoms with Crippen LogP contribution in [0.25, 0.3) is 10.8 Å². The highest BCUT2D eigenvalue weighted by Gasteiger charge is 2.10. The molecule has 0 aliphatic rings. The molecule has 1 heterocycles. The van der Waals surface area contributed by atoms with E-state index >= 15 is 0 Å². The molecule has 0 atom stereocenters. The van der Waals surface area contributed by atoms with Gasteiger partial charge in [-0.05, 0) is 35.7 Å². The Kier molecular flexibility index (Phi) is 4.52. The van der Waals surface area contributed by atoms with Gasteiger partial charge >= 0.3 is 0 Å². The summed E-state index contributed by atoms with van der Waals surface area (Å²) in [5.41, 5.74) is 0.965. The van der Waals surface area contributed by atoms with E-state index in [-0.39, 0.29) is 12.5 Å². The Morgan fingerprint density at radius 1 is 1.08 bits per heavy atom. The first-order valence-corrected chi connectivity index (χ1v) is 8.07.